The van der Waals surface area contributed by atoms with Crippen molar-refractivity contribution in [1.82, 2.24) is 10.2 Å². The Hall–Kier alpha value is -2.44. The second kappa shape index (κ2) is 9.31. The normalized spacial score (nSPS) is 21.0. The number of aliphatic carboxylic acids is 1. The summed E-state index contributed by atoms with van der Waals surface area (Å²) in [6, 6.07) is 7.20. The predicted molar refractivity (Wildman–Crippen MR) is 97.5 cm³/mol. The number of piperidine rings is 1. The van der Waals surface area contributed by atoms with Gasteiger partial charge in [0.25, 0.3) is 0 Å². The number of benzene rings is 1. The number of rotatable bonds is 7. The molecule has 1 aliphatic rings. The summed E-state index contributed by atoms with van der Waals surface area (Å²) in [4.78, 5) is 25.2. The van der Waals surface area contributed by atoms with E-state index < -0.39 is 11.9 Å². The van der Waals surface area contributed by atoms with E-state index in [4.69, 9.17) is 9.47 Å². The molecule has 1 heterocycles. The molecule has 2 rings (SSSR count). The third-order valence-electron chi connectivity index (χ3n) is 4.49. The highest BCUT2D eigenvalue weighted by Crippen LogP contribution is 2.26. The molecule has 7 heteroatoms. The maximum Gasteiger partial charge on any atom is 0.317 e. The molecule has 0 bridgehead atoms. The lowest BCUT2D eigenvalue weighted by molar-refractivity contribution is -0.143. The Bertz CT molecular complexity index is 622. The lowest BCUT2D eigenvalue weighted by Gasteiger charge is -2.34. The van der Waals surface area contributed by atoms with Crippen LogP contribution in [0.15, 0.2) is 24.3 Å². The van der Waals surface area contributed by atoms with Crippen molar-refractivity contribution in [3.8, 4) is 11.5 Å². The molecule has 1 fully saturated rings. The van der Waals surface area contributed by atoms with Gasteiger partial charge in [0.05, 0.1) is 19.6 Å². The molecule has 2 amide bonds. The summed E-state index contributed by atoms with van der Waals surface area (Å²) < 4.78 is 11.0. The van der Waals surface area contributed by atoms with Crippen molar-refractivity contribution in [2.45, 2.75) is 20.3 Å². The first-order valence-corrected chi connectivity index (χ1v) is 8.92. The lowest BCUT2D eigenvalue weighted by Crippen LogP contribution is -2.50. The van der Waals surface area contributed by atoms with Gasteiger partial charge in [-0.3, -0.25) is 4.79 Å². The summed E-state index contributed by atoms with van der Waals surface area (Å²) in [5, 5.41) is 12.1. The molecule has 144 valence electrons. The Morgan fingerprint density at radius 2 is 2.00 bits per heavy atom. The molecule has 0 aliphatic carbocycles. The lowest BCUT2D eigenvalue weighted by atomic mass is 9.91. The number of ether oxygens (including phenoxy) is 2. The number of hydrogen-bond donors (Lipinski definition) is 2. The zero-order chi connectivity index (χ0) is 19.1. The molecule has 0 spiro atoms. The summed E-state index contributed by atoms with van der Waals surface area (Å²) in [5.74, 6) is 0.292. The number of amides is 2. The molecule has 0 aromatic heterocycles. The standard InChI is InChI=1S/C19H28N2O5/c1-13-8-15(18(22)23)11-21(10-13)19(24)20-9-14(2)12-26-17-7-5-4-6-16(17)25-3/h4-7,13-15H,8-12H2,1-3H3,(H,20,24)(H,22,23). The van der Waals surface area contributed by atoms with Gasteiger partial charge in [-0.1, -0.05) is 26.0 Å². The van der Waals surface area contributed by atoms with E-state index in [2.05, 4.69) is 5.32 Å². The zero-order valence-electron chi connectivity index (χ0n) is 15.6. The third-order valence-corrected chi connectivity index (χ3v) is 4.49. The Morgan fingerprint density at radius 1 is 1.31 bits per heavy atom. The molecule has 1 aliphatic heterocycles. The van der Waals surface area contributed by atoms with Crippen LogP contribution in [0.1, 0.15) is 20.3 Å². The number of hydrogen-bond acceptors (Lipinski definition) is 4. The molecule has 0 saturated carbocycles. The number of carboxylic acid groups (broad SMARTS) is 1. The number of nitrogens with one attached hydrogen (secondary N) is 1. The predicted octanol–water partition coefficient (Wildman–Crippen LogP) is 2.46. The number of urea groups is 1. The Kier molecular flexibility index (Phi) is 7.12. The van der Waals surface area contributed by atoms with Crippen molar-refractivity contribution in [2.75, 3.05) is 33.4 Å². The Labute approximate surface area is 154 Å². The molecule has 1 saturated heterocycles. The van der Waals surface area contributed by atoms with Crippen LogP contribution in [0.5, 0.6) is 11.5 Å². The van der Waals surface area contributed by atoms with E-state index in [1.54, 1.807) is 12.0 Å². The van der Waals surface area contributed by atoms with Gasteiger partial charge in [0.1, 0.15) is 0 Å². The average molecular weight is 364 g/mol. The zero-order valence-corrected chi connectivity index (χ0v) is 15.6. The van der Waals surface area contributed by atoms with Gasteiger partial charge in [0.15, 0.2) is 11.5 Å². The number of likely N-dealkylation sites (tertiary alicyclic amines) is 1. The van der Waals surface area contributed by atoms with E-state index in [1.165, 1.54) is 0 Å². The largest absolute Gasteiger partial charge is 0.493 e. The number of nitrogens with zero attached hydrogens (tertiary/aromatic N) is 1. The quantitative estimate of drug-likeness (QED) is 0.776. The Balaban J connectivity index is 1.78. The van der Waals surface area contributed by atoms with Crippen molar-refractivity contribution in [2.24, 2.45) is 17.8 Å². The highest BCUT2D eigenvalue weighted by Gasteiger charge is 2.31. The molecule has 2 N–H and O–H groups in total. The third kappa shape index (κ3) is 5.54. The van der Waals surface area contributed by atoms with Crippen LogP contribution in [0.2, 0.25) is 0 Å². The second-order valence-corrected chi connectivity index (χ2v) is 7.03. The summed E-state index contributed by atoms with van der Waals surface area (Å²) in [5.41, 5.74) is 0. The maximum atomic E-state index is 12.4. The van der Waals surface area contributed by atoms with Crippen LogP contribution in [0.25, 0.3) is 0 Å². The molecule has 7 nitrogen and oxygen atoms in total. The molecule has 1 aromatic rings. The maximum absolute atomic E-state index is 12.4. The van der Waals surface area contributed by atoms with E-state index >= 15 is 0 Å². The first-order valence-electron chi connectivity index (χ1n) is 8.92. The van der Waals surface area contributed by atoms with E-state index in [0.717, 1.165) is 0 Å². The molecular formula is C19H28N2O5. The minimum Gasteiger partial charge on any atom is -0.493 e. The first kappa shape index (κ1) is 19.9. The molecule has 3 atom stereocenters. The van der Waals surface area contributed by atoms with Crippen LogP contribution in [0.4, 0.5) is 4.79 Å². The van der Waals surface area contributed by atoms with Crippen LogP contribution < -0.4 is 14.8 Å². The van der Waals surface area contributed by atoms with Gasteiger partial charge in [-0.2, -0.15) is 0 Å². The van der Waals surface area contributed by atoms with E-state index in [1.807, 2.05) is 38.1 Å². The van der Waals surface area contributed by atoms with Crippen LogP contribution in [-0.4, -0.2) is 55.4 Å². The van der Waals surface area contributed by atoms with Gasteiger partial charge in [-0.25, -0.2) is 4.79 Å². The monoisotopic (exact) mass is 364 g/mol. The van der Waals surface area contributed by atoms with Crippen LogP contribution in [0, 0.1) is 17.8 Å². The van der Waals surface area contributed by atoms with Crippen molar-refractivity contribution in [3.63, 3.8) is 0 Å². The summed E-state index contributed by atoms with van der Waals surface area (Å²) in [6.45, 7) is 5.69. The number of carbonyl (C=O) groups excluding carboxylic acids is 1. The topological polar surface area (TPSA) is 88.1 Å². The van der Waals surface area contributed by atoms with Gasteiger partial charge in [-0.15, -0.1) is 0 Å². The van der Waals surface area contributed by atoms with Crippen LogP contribution in [-0.2, 0) is 4.79 Å². The summed E-state index contributed by atoms with van der Waals surface area (Å²) in [6.07, 6.45) is 0.613. The van der Waals surface area contributed by atoms with Gasteiger partial charge >= 0.3 is 12.0 Å². The van der Waals surface area contributed by atoms with Crippen molar-refractivity contribution in [3.05, 3.63) is 24.3 Å². The van der Waals surface area contributed by atoms with Crippen LogP contribution >= 0.6 is 0 Å². The summed E-state index contributed by atoms with van der Waals surface area (Å²) in [7, 11) is 1.59. The molecule has 1 aromatic carbocycles. The van der Waals surface area contributed by atoms with Crippen molar-refractivity contribution < 1.29 is 24.2 Å². The minimum atomic E-state index is -0.840. The fourth-order valence-corrected chi connectivity index (χ4v) is 3.10. The number of para-hydroxylation sites is 2. The SMILES string of the molecule is COc1ccccc1OCC(C)CNC(=O)N1CC(C)CC(C(=O)O)C1. The van der Waals surface area contributed by atoms with Gasteiger partial charge < -0.3 is 24.8 Å². The van der Waals surface area contributed by atoms with Gasteiger partial charge in [0, 0.05) is 25.6 Å². The van der Waals surface area contributed by atoms with E-state index in [-0.39, 0.29) is 24.4 Å². The first-order chi connectivity index (χ1) is 12.4. The fourth-order valence-electron chi connectivity index (χ4n) is 3.10. The number of methoxy groups -OCH3 is 1. The smallest absolute Gasteiger partial charge is 0.317 e. The number of carbonyl (C=O) groups is 2. The average Bonchev–Trinajstić information content (AvgIpc) is 2.63. The molecule has 26 heavy (non-hydrogen) atoms. The minimum absolute atomic E-state index is 0.0985. The highest BCUT2D eigenvalue weighted by molar-refractivity contribution is 5.76. The number of carboxylic acids is 1. The van der Waals surface area contributed by atoms with E-state index in [9.17, 15) is 14.7 Å². The van der Waals surface area contributed by atoms with Gasteiger partial charge in [0.2, 0.25) is 0 Å². The highest BCUT2D eigenvalue weighted by atomic mass is 16.5. The van der Waals surface area contributed by atoms with Crippen molar-refractivity contribution in [1.29, 1.82) is 0 Å². The summed E-state index contributed by atoms with van der Waals surface area (Å²) >= 11 is 0. The second-order valence-electron chi connectivity index (χ2n) is 7.03. The van der Waals surface area contributed by atoms with Gasteiger partial charge in [-0.05, 0) is 24.5 Å². The van der Waals surface area contributed by atoms with Crippen LogP contribution in [0.3, 0.4) is 0 Å². The molecule has 3 unspecified atom stereocenters. The van der Waals surface area contributed by atoms with Crippen molar-refractivity contribution >= 4 is 12.0 Å². The molecule has 0 radical (unpaired) electrons. The molecular weight excluding hydrogens is 336 g/mol. The fraction of sp³-hybridized carbons (Fsp3) is 0.579. The van der Waals surface area contributed by atoms with E-state index in [0.29, 0.717) is 37.6 Å². The Morgan fingerprint density at radius 3 is 2.65 bits per heavy atom.